The molecule has 0 saturated heterocycles. The second-order valence-corrected chi connectivity index (χ2v) is 4.30. The van der Waals surface area contributed by atoms with Gasteiger partial charge in [-0.05, 0) is 51.8 Å². The number of hydrogen-bond acceptors (Lipinski definition) is 3. The van der Waals surface area contributed by atoms with Crippen LogP contribution in [-0.2, 0) is 6.54 Å². The fraction of sp³-hybridized carbons (Fsp3) is 0.0833. The first kappa shape index (κ1) is 11.0. The van der Waals surface area contributed by atoms with E-state index in [4.69, 9.17) is 5.73 Å². The minimum absolute atomic E-state index is 0.751. The van der Waals surface area contributed by atoms with Gasteiger partial charge >= 0.3 is 0 Å². The third-order valence-electron chi connectivity index (χ3n) is 2.23. The van der Waals surface area contributed by atoms with Gasteiger partial charge < -0.3 is 11.1 Å². The predicted octanol–water partition coefficient (Wildman–Crippen LogP) is 3.04. The van der Waals surface area contributed by atoms with E-state index in [1.165, 1.54) is 5.56 Å². The number of benzene rings is 1. The second kappa shape index (κ2) is 4.99. The van der Waals surface area contributed by atoms with Gasteiger partial charge in [0.2, 0.25) is 0 Å². The Hall–Kier alpha value is -1.55. The van der Waals surface area contributed by atoms with Crippen molar-refractivity contribution in [1.29, 1.82) is 0 Å². The summed E-state index contributed by atoms with van der Waals surface area (Å²) in [7, 11) is 0. The highest BCUT2D eigenvalue weighted by atomic mass is 79.9. The summed E-state index contributed by atoms with van der Waals surface area (Å²) >= 11 is 3.47. The molecule has 82 valence electrons. The summed E-state index contributed by atoms with van der Waals surface area (Å²) in [5.74, 6) is 0. The highest BCUT2D eigenvalue weighted by Gasteiger charge is 1.99. The Morgan fingerprint density at radius 3 is 2.62 bits per heavy atom. The standard InChI is InChI=1S/C12H12BrN3/c13-11-7-10(14)1-2-12(11)16-8-9-3-5-15-6-4-9/h1-7,16H,8,14H2. The number of nitrogen functional groups attached to an aromatic ring is 1. The van der Waals surface area contributed by atoms with Crippen LogP contribution in [0.1, 0.15) is 5.56 Å². The summed E-state index contributed by atoms with van der Waals surface area (Å²) in [4.78, 5) is 3.98. The monoisotopic (exact) mass is 277 g/mol. The maximum atomic E-state index is 5.67. The molecule has 2 rings (SSSR count). The van der Waals surface area contributed by atoms with Crippen molar-refractivity contribution in [1.82, 2.24) is 4.98 Å². The van der Waals surface area contributed by atoms with Crippen molar-refractivity contribution in [3.05, 3.63) is 52.8 Å². The molecule has 4 heteroatoms. The summed E-state index contributed by atoms with van der Waals surface area (Å²) in [5.41, 5.74) is 8.65. The van der Waals surface area contributed by atoms with Crippen LogP contribution in [0.3, 0.4) is 0 Å². The quantitative estimate of drug-likeness (QED) is 0.848. The average Bonchev–Trinajstić information content (AvgIpc) is 2.29. The number of nitrogens with one attached hydrogen (secondary N) is 1. The van der Waals surface area contributed by atoms with Gasteiger partial charge in [-0.2, -0.15) is 0 Å². The third-order valence-corrected chi connectivity index (χ3v) is 2.88. The molecule has 16 heavy (non-hydrogen) atoms. The van der Waals surface area contributed by atoms with Crippen molar-refractivity contribution in [2.24, 2.45) is 0 Å². The van der Waals surface area contributed by atoms with E-state index in [0.717, 1.165) is 22.4 Å². The van der Waals surface area contributed by atoms with E-state index in [-0.39, 0.29) is 0 Å². The van der Waals surface area contributed by atoms with Gasteiger partial charge in [-0.25, -0.2) is 0 Å². The van der Waals surface area contributed by atoms with Gasteiger partial charge in [-0.15, -0.1) is 0 Å². The number of nitrogens with two attached hydrogens (primary N) is 1. The smallest absolute Gasteiger partial charge is 0.0488 e. The molecule has 0 spiro atoms. The molecule has 0 amide bonds. The average molecular weight is 278 g/mol. The molecule has 3 nitrogen and oxygen atoms in total. The zero-order chi connectivity index (χ0) is 11.4. The van der Waals surface area contributed by atoms with Crippen molar-refractivity contribution in [2.45, 2.75) is 6.54 Å². The molecule has 0 unspecified atom stereocenters. The number of aromatic nitrogens is 1. The van der Waals surface area contributed by atoms with E-state index in [9.17, 15) is 0 Å². The van der Waals surface area contributed by atoms with Gasteiger partial charge in [0.25, 0.3) is 0 Å². The van der Waals surface area contributed by atoms with Crippen LogP contribution in [0.4, 0.5) is 11.4 Å². The normalized spacial score (nSPS) is 10.1. The zero-order valence-corrected chi connectivity index (χ0v) is 10.2. The lowest BCUT2D eigenvalue weighted by molar-refractivity contribution is 1.12. The molecule has 1 aromatic heterocycles. The van der Waals surface area contributed by atoms with Crippen LogP contribution in [0.5, 0.6) is 0 Å². The first-order valence-electron chi connectivity index (χ1n) is 4.93. The highest BCUT2D eigenvalue weighted by Crippen LogP contribution is 2.24. The zero-order valence-electron chi connectivity index (χ0n) is 8.65. The molecule has 0 aliphatic carbocycles. The van der Waals surface area contributed by atoms with Crippen LogP contribution in [-0.4, -0.2) is 4.98 Å². The number of halogens is 1. The Bertz CT molecular complexity index is 471. The molecule has 0 bridgehead atoms. The van der Waals surface area contributed by atoms with Crippen molar-refractivity contribution in [3.63, 3.8) is 0 Å². The summed E-state index contributed by atoms with van der Waals surface area (Å²) in [6, 6.07) is 9.69. The Morgan fingerprint density at radius 1 is 1.19 bits per heavy atom. The second-order valence-electron chi connectivity index (χ2n) is 3.45. The van der Waals surface area contributed by atoms with Gasteiger partial charge in [0.15, 0.2) is 0 Å². The maximum absolute atomic E-state index is 5.67. The molecule has 0 radical (unpaired) electrons. The van der Waals surface area contributed by atoms with E-state index in [2.05, 4.69) is 26.2 Å². The molecule has 3 N–H and O–H groups in total. The molecule has 0 aliphatic rings. The Balaban J connectivity index is 2.05. The van der Waals surface area contributed by atoms with Crippen LogP contribution in [0, 0.1) is 0 Å². The molecule has 0 aliphatic heterocycles. The van der Waals surface area contributed by atoms with Crippen LogP contribution in [0.2, 0.25) is 0 Å². The van der Waals surface area contributed by atoms with Crippen molar-refractivity contribution < 1.29 is 0 Å². The number of hydrogen-bond donors (Lipinski definition) is 2. The van der Waals surface area contributed by atoms with E-state index in [1.807, 2.05) is 30.3 Å². The van der Waals surface area contributed by atoms with Crippen molar-refractivity contribution in [2.75, 3.05) is 11.1 Å². The predicted molar refractivity (Wildman–Crippen MR) is 70.1 cm³/mol. The van der Waals surface area contributed by atoms with E-state index < -0.39 is 0 Å². The Kier molecular flexibility index (Phi) is 3.41. The first-order valence-corrected chi connectivity index (χ1v) is 5.73. The lowest BCUT2D eigenvalue weighted by atomic mass is 10.2. The van der Waals surface area contributed by atoms with Gasteiger partial charge in [0.05, 0.1) is 0 Å². The largest absolute Gasteiger partial charge is 0.399 e. The van der Waals surface area contributed by atoms with Gasteiger partial charge in [0, 0.05) is 34.8 Å². The van der Waals surface area contributed by atoms with Crippen LogP contribution >= 0.6 is 15.9 Å². The minimum atomic E-state index is 0.751. The molecule has 1 heterocycles. The Morgan fingerprint density at radius 2 is 1.94 bits per heavy atom. The fourth-order valence-corrected chi connectivity index (χ4v) is 1.91. The first-order chi connectivity index (χ1) is 7.75. The Labute approximate surface area is 103 Å². The van der Waals surface area contributed by atoms with Crippen LogP contribution < -0.4 is 11.1 Å². The van der Waals surface area contributed by atoms with E-state index >= 15 is 0 Å². The number of anilines is 2. The molecule has 2 aromatic rings. The SMILES string of the molecule is Nc1ccc(NCc2ccncc2)c(Br)c1. The fourth-order valence-electron chi connectivity index (χ4n) is 1.37. The summed E-state index contributed by atoms with van der Waals surface area (Å²) in [5, 5.41) is 3.33. The molecular formula is C12H12BrN3. The van der Waals surface area contributed by atoms with E-state index in [1.54, 1.807) is 12.4 Å². The van der Waals surface area contributed by atoms with Crippen LogP contribution in [0.25, 0.3) is 0 Å². The molecular weight excluding hydrogens is 266 g/mol. The van der Waals surface area contributed by atoms with Gasteiger partial charge in [-0.1, -0.05) is 0 Å². The molecule has 1 aromatic carbocycles. The maximum Gasteiger partial charge on any atom is 0.0488 e. The minimum Gasteiger partial charge on any atom is -0.399 e. The number of nitrogens with zero attached hydrogens (tertiary/aromatic N) is 1. The van der Waals surface area contributed by atoms with E-state index in [0.29, 0.717) is 0 Å². The summed E-state index contributed by atoms with van der Waals surface area (Å²) in [6.07, 6.45) is 3.57. The number of pyridine rings is 1. The van der Waals surface area contributed by atoms with Crippen molar-refractivity contribution >= 4 is 27.3 Å². The van der Waals surface area contributed by atoms with Gasteiger partial charge in [-0.3, -0.25) is 4.98 Å². The molecule has 0 fully saturated rings. The lowest BCUT2D eigenvalue weighted by Crippen LogP contribution is -2.00. The van der Waals surface area contributed by atoms with Crippen LogP contribution in [0.15, 0.2) is 47.2 Å². The highest BCUT2D eigenvalue weighted by molar-refractivity contribution is 9.10. The van der Waals surface area contributed by atoms with Gasteiger partial charge in [0.1, 0.15) is 0 Å². The molecule has 0 atom stereocenters. The topological polar surface area (TPSA) is 50.9 Å². The van der Waals surface area contributed by atoms with Crippen molar-refractivity contribution in [3.8, 4) is 0 Å². The lowest BCUT2D eigenvalue weighted by Gasteiger charge is -2.08. The summed E-state index contributed by atoms with van der Waals surface area (Å²) in [6.45, 7) is 0.769. The number of rotatable bonds is 3. The molecule has 0 saturated carbocycles. The third kappa shape index (κ3) is 2.73. The summed E-state index contributed by atoms with van der Waals surface area (Å²) < 4.78 is 0.974.